The quantitative estimate of drug-likeness (QED) is 0.811. The monoisotopic (exact) mass is 370 g/mol. The highest BCUT2D eigenvalue weighted by Crippen LogP contribution is 2.34. The highest BCUT2D eigenvalue weighted by atomic mass is 32.1. The van der Waals surface area contributed by atoms with Gasteiger partial charge in [-0.05, 0) is 36.4 Å². The number of piperazine rings is 1. The van der Waals surface area contributed by atoms with Crippen LogP contribution in [0.2, 0.25) is 0 Å². The maximum Gasteiger partial charge on any atom is 0.237 e. The summed E-state index contributed by atoms with van der Waals surface area (Å²) in [5.41, 5.74) is 1.12. The van der Waals surface area contributed by atoms with E-state index >= 15 is 0 Å². The lowest BCUT2D eigenvalue weighted by Gasteiger charge is -2.35. The fourth-order valence-electron chi connectivity index (χ4n) is 3.95. The van der Waals surface area contributed by atoms with Crippen molar-refractivity contribution in [3.8, 4) is 0 Å². The Bertz CT molecular complexity index is 698. The molecule has 6 heteroatoms. The molecule has 0 aliphatic carbocycles. The second-order valence-electron chi connectivity index (χ2n) is 7.13. The summed E-state index contributed by atoms with van der Waals surface area (Å²) in [6.07, 6.45) is 4.07. The minimum absolute atomic E-state index is 0.291. The molecule has 26 heavy (non-hydrogen) atoms. The van der Waals surface area contributed by atoms with Crippen molar-refractivity contribution in [3.05, 3.63) is 52.5 Å². The first-order chi connectivity index (χ1) is 12.8. The van der Waals surface area contributed by atoms with Gasteiger partial charge in [0, 0.05) is 50.3 Å². The molecule has 1 unspecified atom stereocenters. The lowest BCUT2D eigenvalue weighted by Crippen LogP contribution is -2.49. The van der Waals surface area contributed by atoms with Gasteiger partial charge in [0.15, 0.2) is 0 Å². The predicted molar refractivity (Wildman–Crippen MR) is 104 cm³/mol. The van der Waals surface area contributed by atoms with Crippen LogP contribution in [0, 0.1) is 0 Å². The van der Waals surface area contributed by atoms with Crippen LogP contribution in [0.4, 0.5) is 0 Å². The summed E-state index contributed by atoms with van der Waals surface area (Å²) in [4.78, 5) is 25.4. The number of hydrogen-bond donors (Lipinski definition) is 0. The minimum atomic E-state index is 0.291. The molecule has 1 amide bonds. The molecule has 2 aliphatic heterocycles. The molecule has 4 heterocycles. The van der Waals surface area contributed by atoms with Gasteiger partial charge in [-0.25, -0.2) is 0 Å². The summed E-state index contributed by atoms with van der Waals surface area (Å²) in [5.74, 6) is 0.291. The van der Waals surface area contributed by atoms with E-state index in [0.29, 0.717) is 18.5 Å². The minimum Gasteiger partial charge on any atom is -0.334 e. The highest BCUT2D eigenvalue weighted by Gasteiger charge is 2.31. The standard InChI is InChI=1S/C20H26N4OS/c25-20(24-9-3-6-18(24)19-7-4-14-26-19)16-23-12-10-22(11-13-23)15-17-5-1-2-8-21-17/h1-2,4-5,7-8,14,18H,3,6,9-13,15-16H2. The molecule has 138 valence electrons. The van der Waals surface area contributed by atoms with E-state index < -0.39 is 0 Å². The average molecular weight is 371 g/mol. The van der Waals surface area contributed by atoms with E-state index in [-0.39, 0.29) is 0 Å². The van der Waals surface area contributed by atoms with Crippen LogP contribution in [0.15, 0.2) is 41.9 Å². The summed E-state index contributed by atoms with van der Waals surface area (Å²) < 4.78 is 0. The Morgan fingerprint density at radius 3 is 2.65 bits per heavy atom. The van der Waals surface area contributed by atoms with Crippen molar-refractivity contribution in [2.75, 3.05) is 39.3 Å². The van der Waals surface area contributed by atoms with Gasteiger partial charge in [-0.2, -0.15) is 0 Å². The molecule has 0 aromatic carbocycles. The first kappa shape index (κ1) is 17.6. The molecule has 2 aromatic heterocycles. The first-order valence-corrected chi connectivity index (χ1v) is 10.3. The molecule has 1 atom stereocenters. The van der Waals surface area contributed by atoms with Gasteiger partial charge in [-0.3, -0.25) is 19.6 Å². The van der Waals surface area contributed by atoms with Crippen LogP contribution in [-0.2, 0) is 11.3 Å². The Kier molecular flexibility index (Phi) is 5.62. The summed E-state index contributed by atoms with van der Waals surface area (Å²) >= 11 is 1.77. The molecule has 5 nitrogen and oxygen atoms in total. The Balaban J connectivity index is 1.27. The first-order valence-electron chi connectivity index (χ1n) is 9.47. The molecule has 2 saturated heterocycles. The summed E-state index contributed by atoms with van der Waals surface area (Å²) in [6, 6.07) is 10.6. The maximum atomic E-state index is 12.9. The third-order valence-electron chi connectivity index (χ3n) is 5.38. The van der Waals surface area contributed by atoms with Gasteiger partial charge in [0.1, 0.15) is 0 Å². The molecule has 0 bridgehead atoms. The molecule has 2 fully saturated rings. The number of amides is 1. The SMILES string of the molecule is O=C(CN1CCN(Cc2ccccn2)CC1)N1CCCC1c1cccs1. The second kappa shape index (κ2) is 8.29. The van der Waals surface area contributed by atoms with E-state index in [4.69, 9.17) is 0 Å². The van der Waals surface area contributed by atoms with Crippen LogP contribution in [-0.4, -0.2) is 64.9 Å². The molecule has 0 N–H and O–H groups in total. The zero-order valence-electron chi connectivity index (χ0n) is 15.1. The van der Waals surface area contributed by atoms with E-state index in [1.54, 1.807) is 11.3 Å². The lowest BCUT2D eigenvalue weighted by atomic mass is 10.2. The van der Waals surface area contributed by atoms with Gasteiger partial charge < -0.3 is 4.90 Å². The van der Waals surface area contributed by atoms with Crippen molar-refractivity contribution >= 4 is 17.2 Å². The Labute approximate surface area is 159 Å². The largest absolute Gasteiger partial charge is 0.334 e. The number of likely N-dealkylation sites (tertiary alicyclic amines) is 1. The third-order valence-corrected chi connectivity index (χ3v) is 6.35. The number of rotatable bonds is 5. The number of aromatic nitrogens is 1. The molecule has 2 aliphatic rings. The average Bonchev–Trinajstić information content (AvgIpc) is 3.35. The van der Waals surface area contributed by atoms with Gasteiger partial charge in [0.2, 0.25) is 5.91 Å². The molecule has 2 aromatic rings. The second-order valence-corrected chi connectivity index (χ2v) is 8.11. The molecule has 0 radical (unpaired) electrons. The smallest absolute Gasteiger partial charge is 0.237 e. The van der Waals surface area contributed by atoms with Crippen LogP contribution >= 0.6 is 11.3 Å². The number of carbonyl (C=O) groups excluding carboxylic acids is 1. The zero-order valence-corrected chi connectivity index (χ0v) is 15.9. The molecule has 0 spiro atoms. The Morgan fingerprint density at radius 2 is 1.92 bits per heavy atom. The van der Waals surface area contributed by atoms with Crippen LogP contribution in [0.25, 0.3) is 0 Å². The Hall–Kier alpha value is -1.76. The van der Waals surface area contributed by atoms with E-state index in [0.717, 1.165) is 57.8 Å². The van der Waals surface area contributed by atoms with Crippen molar-refractivity contribution in [2.24, 2.45) is 0 Å². The lowest BCUT2D eigenvalue weighted by molar-refractivity contribution is -0.133. The van der Waals surface area contributed by atoms with E-state index in [1.807, 2.05) is 18.3 Å². The highest BCUT2D eigenvalue weighted by molar-refractivity contribution is 7.10. The predicted octanol–water partition coefficient (Wildman–Crippen LogP) is 2.62. The number of thiophene rings is 1. The van der Waals surface area contributed by atoms with Crippen LogP contribution in [0.1, 0.15) is 29.5 Å². The third kappa shape index (κ3) is 4.14. The number of hydrogen-bond acceptors (Lipinski definition) is 5. The summed E-state index contributed by atoms with van der Waals surface area (Å²) in [5, 5.41) is 2.11. The van der Waals surface area contributed by atoms with Gasteiger partial charge in [-0.1, -0.05) is 12.1 Å². The van der Waals surface area contributed by atoms with Crippen LogP contribution in [0.3, 0.4) is 0 Å². The van der Waals surface area contributed by atoms with Crippen molar-refractivity contribution in [3.63, 3.8) is 0 Å². The van der Waals surface area contributed by atoms with Crippen molar-refractivity contribution in [1.82, 2.24) is 19.7 Å². The van der Waals surface area contributed by atoms with Crippen molar-refractivity contribution in [1.29, 1.82) is 0 Å². The molecule has 0 saturated carbocycles. The normalized spacial score (nSPS) is 22.0. The van der Waals surface area contributed by atoms with Gasteiger partial charge in [0.05, 0.1) is 18.3 Å². The van der Waals surface area contributed by atoms with Crippen molar-refractivity contribution in [2.45, 2.75) is 25.4 Å². The topological polar surface area (TPSA) is 39.7 Å². The van der Waals surface area contributed by atoms with Gasteiger partial charge in [0.25, 0.3) is 0 Å². The number of pyridine rings is 1. The number of carbonyl (C=O) groups is 1. The van der Waals surface area contributed by atoms with Gasteiger partial charge in [-0.15, -0.1) is 11.3 Å². The maximum absolute atomic E-state index is 12.9. The van der Waals surface area contributed by atoms with E-state index in [1.165, 1.54) is 4.88 Å². The van der Waals surface area contributed by atoms with Crippen LogP contribution < -0.4 is 0 Å². The summed E-state index contributed by atoms with van der Waals surface area (Å²) in [6.45, 7) is 6.26. The molecule has 4 rings (SSSR count). The molecular formula is C20H26N4OS. The van der Waals surface area contributed by atoms with E-state index in [2.05, 4.69) is 43.3 Å². The Morgan fingerprint density at radius 1 is 1.08 bits per heavy atom. The molecular weight excluding hydrogens is 344 g/mol. The zero-order chi connectivity index (χ0) is 17.8. The van der Waals surface area contributed by atoms with E-state index in [9.17, 15) is 4.79 Å². The van der Waals surface area contributed by atoms with Crippen molar-refractivity contribution < 1.29 is 4.79 Å². The number of nitrogens with zero attached hydrogens (tertiary/aromatic N) is 4. The van der Waals surface area contributed by atoms with Crippen LogP contribution in [0.5, 0.6) is 0 Å². The fraction of sp³-hybridized carbons (Fsp3) is 0.500. The van der Waals surface area contributed by atoms with Gasteiger partial charge >= 0.3 is 0 Å². The summed E-state index contributed by atoms with van der Waals surface area (Å²) in [7, 11) is 0. The fourth-order valence-corrected chi connectivity index (χ4v) is 4.82.